The number of nitrogens with zero attached hydrogens (tertiary/aromatic N) is 2. The molecule has 1 aromatic rings. The number of hydrogen-bond donors (Lipinski definition) is 1. The maximum atomic E-state index is 12.2. The molecule has 1 N–H and O–H groups in total. The molecule has 96 valence electrons. The van der Waals surface area contributed by atoms with Crippen LogP contribution >= 0.6 is 0 Å². The van der Waals surface area contributed by atoms with Crippen LogP contribution in [0.2, 0.25) is 0 Å². The summed E-state index contributed by atoms with van der Waals surface area (Å²) in [5, 5.41) is 8.84. The van der Waals surface area contributed by atoms with Gasteiger partial charge in [0, 0.05) is 24.8 Å². The van der Waals surface area contributed by atoms with Crippen LogP contribution in [0.5, 0.6) is 0 Å². The molecule has 0 bridgehead atoms. The third kappa shape index (κ3) is 2.65. The monoisotopic (exact) mass is 250 g/mol. The molecule has 1 aromatic heterocycles. The van der Waals surface area contributed by atoms with Gasteiger partial charge in [0.05, 0.1) is 12.7 Å². The number of rotatable bonds is 2. The van der Waals surface area contributed by atoms with Crippen molar-refractivity contribution in [1.82, 2.24) is 9.88 Å². The van der Waals surface area contributed by atoms with Crippen molar-refractivity contribution in [1.29, 1.82) is 0 Å². The van der Waals surface area contributed by atoms with Crippen molar-refractivity contribution in [3.8, 4) is 0 Å². The van der Waals surface area contributed by atoms with Crippen LogP contribution in [0.25, 0.3) is 0 Å². The summed E-state index contributed by atoms with van der Waals surface area (Å²) in [7, 11) is 0. The quantitative estimate of drug-likeness (QED) is 0.833. The van der Waals surface area contributed by atoms with E-state index in [0.29, 0.717) is 25.3 Å². The Bertz CT molecular complexity index is 475. The summed E-state index contributed by atoms with van der Waals surface area (Å²) < 4.78 is 5.36. The highest BCUT2D eigenvalue weighted by atomic mass is 16.5. The van der Waals surface area contributed by atoms with Crippen molar-refractivity contribution in [2.45, 2.75) is 13.0 Å². The van der Waals surface area contributed by atoms with Gasteiger partial charge in [-0.2, -0.15) is 0 Å². The van der Waals surface area contributed by atoms with Crippen molar-refractivity contribution < 1.29 is 19.4 Å². The molecule has 6 nitrogen and oxygen atoms in total. The van der Waals surface area contributed by atoms with Crippen LogP contribution in [-0.4, -0.2) is 52.7 Å². The number of carboxylic acids is 1. The normalized spacial score (nSPS) is 19.6. The molecule has 1 saturated heterocycles. The zero-order chi connectivity index (χ0) is 13.1. The summed E-state index contributed by atoms with van der Waals surface area (Å²) in [6.45, 7) is 3.44. The molecule has 0 aromatic carbocycles. The van der Waals surface area contributed by atoms with E-state index in [2.05, 4.69) is 4.98 Å². The first kappa shape index (κ1) is 12.5. The van der Waals surface area contributed by atoms with E-state index in [1.807, 2.05) is 6.92 Å². The fourth-order valence-electron chi connectivity index (χ4n) is 1.87. The standard InChI is InChI=1S/C12H14N2O4/c1-8-7-14(4-5-18-8)11(15)9-2-3-13-10(6-9)12(16)17/h2-3,6,8H,4-5,7H2,1H3,(H,16,17). The van der Waals surface area contributed by atoms with Gasteiger partial charge < -0.3 is 14.7 Å². The molecule has 6 heteroatoms. The smallest absolute Gasteiger partial charge is 0.354 e. The number of carbonyl (C=O) groups excluding carboxylic acids is 1. The molecule has 1 fully saturated rings. The summed E-state index contributed by atoms with van der Waals surface area (Å²) in [4.78, 5) is 28.3. The average molecular weight is 250 g/mol. The number of pyridine rings is 1. The predicted octanol–water partition coefficient (Wildman–Crippen LogP) is 0.641. The van der Waals surface area contributed by atoms with Gasteiger partial charge in [-0.25, -0.2) is 9.78 Å². The van der Waals surface area contributed by atoms with Gasteiger partial charge in [-0.1, -0.05) is 0 Å². The first-order valence-electron chi connectivity index (χ1n) is 5.68. The second-order valence-corrected chi connectivity index (χ2v) is 4.17. The molecule has 2 heterocycles. The highest BCUT2D eigenvalue weighted by Gasteiger charge is 2.23. The molecular formula is C12H14N2O4. The number of carboxylic acid groups (broad SMARTS) is 1. The molecule has 0 radical (unpaired) electrons. The first-order valence-corrected chi connectivity index (χ1v) is 5.68. The molecule has 2 rings (SSSR count). The van der Waals surface area contributed by atoms with E-state index in [1.54, 1.807) is 4.90 Å². The highest BCUT2D eigenvalue weighted by Crippen LogP contribution is 2.11. The molecule has 1 atom stereocenters. The van der Waals surface area contributed by atoms with E-state index in [1.165, 1.54) is 18.3 Å². The first-order chi connectivity index (χ1) is 8.58. The maximum Gasteiger partial charge on any atom is 0.354 e. The van der Waals surface area contributed by atoms with Crippen molar-refractivity contribution in [2.24, 2.45) is 0 Å². The maximum absolute atomic E-state index is 12.2. The lowest BCUT2D eigenvalue weighted by Gasteiger charge is -2.31. The topological polar surface area (TPSA) is 79.7 Å². The molecule has 18 heavy (non-hydrogen) atoms. The number of hydrogen-bond acceptors (Lipinski definition) is 4. The zero-order valence-corrected chi connectivity index (χ0v) is 10.00. The summed E-state index contributed by atoms with van der Waals surface area (Å²) in [6.07, 6.45) is 1.34. The van der Waals surface area contributed by atoms with Gasteiger partial charge in [0.2, 0.25) is 0 Å². The Morgan fingerprint density at radius 1 is 1.56 bits per heavy atom. The van der Waals surface area contributed by atoms with Crippen LogP contribution in [0, 0.1) is 0 Å². The number of aromatic nitrogens is 1. The highest BCUT2D eigenvalue weighted by molar-refractivity contribution is 5.96. The van der Waals surface area contributed by atoms with E-state index in [4.69, 9.17) is 9.84 Å². The summed E-state index contributed by atoms with van der Waals surface area (Å²) >= 11 is 0. The largest absolute Gasteiger partial charge is 0.477 e. The van der Waals surface area contributed by atoms with Gasteiger partial charge in [-0.3, -0.25) is 4.79 Å². The lowest BCUT2D eigenvalue weighted by molar-refractivity contribution is -0.0124. The Kier molecular flexibility index (Phi) is 3.57. The van der Waals surface area contributed by atoms with Crippen LogP contribution in [0.3, 0.4) is 0 Å². The van der Waals surface area contributed by atoms with Crippen LogP contribution in [0.1, 0.15) is 27.8 Å². The molecule has 0 saturated carbocycles. The number of ether oxygens (including phenoxy) is 1. The summed E-state index contributed by atoms with van der Waals surface area (Å²) in [6, 6.07) is 2.82. The minimum atomic E-state index is -1.14. The molecular weight excluding hydrogens is 236 g/mol. The lowest BCUT2D eigenvalue weighted by Crippen LogP contribution is -2.44. The lowest BCUT2D eigenvalue weighted by atomic mass is 10.2. The molecule has 0 aliphatic carbocycles. The number of amides is 1. The van der Waals surface area contributed by atoms with Crippen LogP contribution < -0.4 is 0 Å². The van der Waals surface area contributed by atoms with Crippen molar-refractivity contribution in [2.75, 3.05) is 19.7 Å². The van der Waals surface area contributed by atoms with Crippen LogP contribution in [0.4, 0.5) is 0 Å². The van der Waals surface area contributed by atoms with Gasteiger partial charge in [-0.15, -0.1) is 0 Å². The average Bonchev–Trinajstić information content (AvgIpc) is 2.38. The Morgan fingerprint density at radius 2 is 2.33 bits per heavy atom. The van der Waals surface area contributed by atoms with Gasteiger partial charge >= 0.3 is 5.97 Å². The Balaban J connectivity index is 2.17. The Labute approximate surface area is 104 Å². The summed E-state index contributed by atoms with van der Waals surface area (Å²) in [5.41, 5.74) is 0.221. The fraction of sp³-hybridized carbons (Fsp3) is 0.417. The van der Waals surface area contributed by atoms with Crippen LogP contribution in [0.15, 0.2) is 18.3 Å². The molecule has 1 unspecified atom stereocenters. The Hall–Kier alpha value is -1.95. The third-order valence-corrected chi connectivity index (χ3v) is 2.75. The van der Waals surface area contributed by atoms with E-state index in [9.17, 15) is 9.59 Å². The Morgan fingerprint density at radius 3 is 3.00 bits per heavy atom. The number of morpholine rings is 1. The minimum absolute atomic E-state index is 0.00322. The second kappa shape index (κ2) is 5.14. The van der Waals surface area contributed by atoms with Gasteiger partial charge in [0.1, 0.15) is 5.69 Å². The van der Waals surface area contributed by atoms with Gasteiger partial charge in [0.25, 0.3) is 5.91 Å². The molecule has 1 aliphatic heterocycles. The van der Waals surface area contributed by atoms with Crippen molar-refractivity contribution in [3.05, 3.63) is 29.6 Å². The van der Waals surface area contributed by atoms with E-state index in [-0.39, 0.29) is 17.7 Å². The van der Waals surface area contributed by atoms with Gasteiger partial charge in [0.15, 0.2) is 0 Å². The third-order valence-electron chi connectivity index (χ3n) is 2.75. The fourth-order valence-corrected chi connectivity index (χ4v) is 1.87. The predicted molar refractivity (Wildman–Crippen MR) is 62.5 cm³/mol. The zero-order valence-electron chi connectivity index (χ0n) is 10.00. The number of carbonyl (C=O) groups is 2. The minimum Gasteiger partial charge on any atom is -0.477 e. The van der Waals surface area contributed by atoms with E-state index < -0.39 is 5.97 Å². The number of aromatic carboxylic acids is 1. The van der Waals surface area contributed by atoms with Crippen molar-refractivity contribution in [3.63, 3.8) is 0 Å². The SMILES string of the molecule is CC1CN(C(=O)c2ccnc(C(=O)O)c2)CCO1. The van der Waals surface area contributed by atoms with Crippen molar-refractivity contribution >= 4 is 11.9 Å². The van der Waals surface area contributed by atoms with E-state index >= 15 is 0 Å². The van der Waals surface area contributed by atoms with Gasteiger partial charge in [-0.05, 0) is 19.1 Å². The summed E-state index contributed by atoms with van der Waals surface area (Å²) in [5.74, 6) is -1.32. The van der Waals surface area contributed by atoms with E-state index in [0.717, 1.165) is 0 Å². The molecule has 1 amide bonds. The second-order valence-electron chi connectivity index (χ2n) is 4.17. The molecule has 1 aliphatic rings. The van der Waals surface area contributed by atoms with Crippen LogP contribution in [-0.2, 0) is 4.74 Å². The molecule has 0 spiro atoms.